The summed E-state index contributed by atoms with van der Waals surface area (Å²) in [5, 5.41) is 3.38. The second kappa shape index (κ2) is 11.4. The molecule has 5 rings (SSSR count). The Labute approximate surface area is 215 Å². The van der Waals surface area contributed by atoms with Crippen molar-refractivity contribution in [2.75, 3.05) is 26.2 Å². The van der Waals surface area contributed by atoms with Crippen molar-refractivity contribution < 1.29 is 9.53 Å². The highest BCUT2D eigenvalue weighted by Crippen LogP contribution is 2.42. The molecule has 2 fully saturated rings. The van der Waals surface area contributed by atoms with E-state index in [9.17, 15) is 4.79 Å². The van der Waals surface area contributed by atoms with Gasteiger partial charge in [0.1, 0.15) is 0 Å². The van der Waals surface area contributed by atoms with E-state index < -0.39 is 5.60 Å². The number of piperidine rings is 1. The highest BCUT2D eigenvalue weighted by Gasteiger charge is 2.46. The standard InChI is InChI=1S/C32H38N2O2/c1-2-20-36-32(28-14-8-4-9-15-28,29-16-10-5-11-17-29)31(35)33-21-30-26-18-19-27(30)24-34(23-26)22-25-12-6-3-7-13-25/h3-17,26-27,30H,2,18-24H2,1H3,(H,33,35). The molecule has 36 heavy (non-hydrogen) atoms. The number of fused-ring (bicyclic) bond motifs is 2. The Morgan fingerprint density at radius 1 is 0.861 bits per heavy atom. The fourth-order valence-corrected chi connectivity index (χ4v) is 6.33. The molecule has 1 saturated heterocycles. The number of hydrogen-bond donors (Lipinski definition) is 1. The largest absolute Gasteiger partial charge is 0.356 e. The first kappa shape index (κ1) is 24.7. The van der Waals surface area contributed by atoms with E-state index in [4.69, 9.17) is 4.74 Å². The molecule has 0 spiro atoms. The van der Waals surface area contributed by atoms with Crippen LogP contribution in [0, 0.1) is 17.8 Å². The molecule has 3 aromatic carbocycles. The molecule has 0 radical (unpaired) electrons. The van der Waals surface area contributed by atoms with Crippen LogP contribution in [-0.4, -0.2) is 37.0 Å². The molecule has 188 valence electrons. The number of benzene rings is 3. The van der Waals surface area contributed by atoms with Gasteiger partial charge in [0.05, 0.1) is 0 Å². The average molecular weight is 483 g/mol. The van der Waals surface area contributed by atoms with E-state index in [0.29, 0.717) is 30.9 Å². The fourth-order valence-electron chi connectivity index (χ4n) is 6.33. The van der Waals surface area contributed by atoms with Gasteiger partial charge in [0.2, 0.25) is 0 Å². The molecule has 0 aromatic heterocycles. The summed E-state index contributed by atoms with van der Waals surface area (Å²) in [4.78, 5) is 16.7. The SMILES string of the molecule is CCCOC(C(=O)NCC1C2CCC1CN(Cc1ccccc1)C2)(c1ccccc1)c1ccccc1. The summed E-state index contributed by atoms with van der Waals surface area (Å²) in [7, 11) is 0. The highest BCUT2D eigenvalue weighted by molar-refractivity contribution is 5.90. The Balaban J connectivity index is 1.32. The summed E-state index contributed by atoms with van der Waals surface area (Å²) in [6.45, 7) is 6.55. The lowest BCUT2D eigenvalue weighted by Gasteiger charge is -2.39. The van der Waals surface area contributed by atoms with Gasteiger partial charge in [-0.05, 0) is 53.7 Å². The zero-order valence-electron chi connectivity index (χ0n) is 21.3. The fraction of sp³-hybridized carbons (Fsp3) is 0.406. The van der Waals surface area contributed by atoms with Gasteiger partial charge in [-0.3, -0.25) is 9.69 Å². The molecule has 2 atom stereocenters. The molecule has 2 aliphatic rings. The van der Waals surface area contributed by atoms with Crippen LogP contribution in [0.1, 0.15) is 42.9 Å². The van der Waals surface area contributed by atoms with Gasteiger partial charge in [-0.2, -0.15) is 0 Å². The minimum absolute atomic E-state index is 0.0561. The van der Waals surface area contributed by atoms with Crippen LogP contribution in [0.3, 0.4) is 0 Å². The van der Waals surface area contributed by atoms with Gasteiger partial charge in [-0.1, -0.05) is 97.9 Å². The Bertz CT molecular complexity index is 1050. The molecule has 4 heteroatoms. The van der Waals surface area contributed by atoms with Gasteiger partial charge < -0.3 is 10.1 Å². The van der Waals surface area contributed by atoms with Crippen LogP contribution in [0.5, 0.6) is 0 Å². The minimum Gasteiger partial charge on any atom is -0.356 e. The number of rotatable bonds is 10. The van der Waals surface area contributed by atoms with Crippen molar-refractivity contribution in [3.05, 3.63) is 108 Å². The predicted octanol–water partition coefficient (Wildman–Crippen LogP) is 5.63. The summed E-state index contributed by atoms with van der Waals surface area (Å²) < 4.78 is 6.49. The molecule has 1 N–H and O–H groups in total. The molecule has 2 unspecified atom stereocenters. The van der Waals surface area contributed by atoms with Gasteiger partial charge in [-0.25, -0.2) is 0 Å². The smallest absolute Gasteiger partial charge is 0.261 e. The Morgan fingerprint density at radius 3 is 1.92 bits per heavy atom. The van der Waals surface area contributed by atoms with Crippen molar-refractivity contribution in [3.8, 4) is 0 Å². The van der Waals surface area contributed by atoms with Crippen molar-refractivity contribution in [2.24, 2.45) is 17.8 Å². The first-order chi connectivity index (χ1) is 17.7. The monoisotopic (exact) mass is 482 g/mol. The second-order valence-electron chi connectivity index (χ2n) is 10.4. The van der Waals surface area contributed by atoms with Crippen LogP contribution in [0.2, 0.25) is 0 Å². The van der Waals surface area contributed by atoms with Crippen LogP contribution in [0.25, 0.3) is 0 Å². The van der Waals surface area contributed by atoms with E-state index in [2.05, 4.69) is 47.5 Å². The Kier molecular flexibility index (Phi) is 7.84. The van der Waals surface area contributed by atoms with Crippen LogP contribution >= 0.6 is 0 Å². The van der Waals surface area contributed by atoms with E-state index >= 15 is 0 Å². The maximum Gasteiger partial charge on any atom is 0.261 e. The maximum absolute atomic E-state index is 14.1. The first-order valence-electron chi connectivity index (χ1n) is 13.5. The highest BCUT2D eigenvalue weighted by atomic mass is 16.5. The summed E-state index contributed by atoms with van der Waals surface area (Å²) in [6.07, 6.45) is 3.36. The molecule has 2 bridgehead atoms. The number of carbonyl (C=O) groups is 1. The van der Waals surface area contributed by atoms with Gasteiger partial charge in [0, 0.05) is 32.8 Å². The number of hydrogen-bond acceptors (Lipinski definition) is 3. The molecule has 3 aromatic rings. The number of nitrogens with zero attached hydrogens (tertiary/aromatic N) is 1. The third-order valence-electron chi connectivity index (χ3n) is 8.06. The van der Waals surface area contributed by atoms with Crippen LogP contribution < -0.4 is 5.32 Å². The third kappa shape index (κ3) is 5.11. The Morgan fingerprint density at radius 2 is 1.39 bits per heavy atom. The number of amides is 1. The van der Waals surface area contributed by atoms with Gasteiger partial charge >= 0.3 is 0 Å². The van der Waals surface area contributed by atoms with Crippen molar-refractivity contribution in [1.82, 2.24) is 10.2 Å². The molecule has 1 aliphatic heterocycles. The molecule has 1 amide bonds. The first-order valence-corrected chi connectivity index (χ1v) is 13.5. The topological polar surface area (TPSA) is 41.6 Å². The summed E-state index contributed by atoms with van der Waals surface area (Å²) >= 11 is 0. The molecule has 1 saturated carbocycles. The lowest BCUT2D eigenvalue weighted by molar-refractivity contribution is -0.143. The third-order valence-corrected chi connectivity index (χ3v) is 8.06. The van der Waals surface area contributed by atoms with Gasteiger partial charge in [-0.15, -0.1) is 0 Å². The lowest BCUT2D eigenvalue weighted by Crippen LogP contribution is -2.51. The van der Waals surface area contributed by atoms with Gasteiger partial charge in [0.15, 0.2) is 5.60 Å². The van der Waals surface area contributed by atoms with Crippen LogP contribution in [0.15, 0.2) is 91.0 Å². The zero-order chi connectivity index (χ0) is 24.8. The molecule has 1 heterocycles. The van der Waals surface area contributed by atoms with Crippen molar-refractivity contribution >= 4 is 5.91 Å². The quantitative estimate of drug-likeness (QED) is 0.407. The van der Waals surface area contributed by atoms with E-state index in [1.54, 1.807) is 0 Å². The van der Waals surface area contributed by atoms with Crippen LogP contribution in [-0.2, 0) is 21.7 Å². The summed E-state index contributed by atoms with van der Waals surface area (Å²) in [5.41, 5.74) is 1.99. The van der Waals surface area contributed by atoms with Crippen molar-refractivity contribution in [3.63, 3.8) is 0 Å². The second-order valence-corrected chi connectivity index (χ2v) is 10.4. The van der Waals surface area contributed by atoms with E-state index in [-0.39, 0.29) is 5.91 Å². The van der Waals surface area contributed by atoms with Crippen molar-refractivity contribution in [1.29, 1.82) is 0 Å². The molecular weight excluding hydrogens is 444 g/mol. The Hall–Kier alpha value is -2.95. The lowest BCUT2D eigenvalue weighted by atomic mass is 9.83. The van der Waals surface area contributed by atoms with E-state index in [0.717, 1.165) is 37.2 Å². The molecule has 1 aliphatic carbocycles. The van der Waals surface area contributed by atoms with Crippen molar-refractivity contribution in [2.45, 2.75) is 38.3 Å². The van der Waals surface area contributed by atoms with E-state index in [1.807, 2.05) is 60.7 Å². The zero-order valence-corrected chi connectivity index (χ0v) is 21.3. The summed E-state index contributed by atoms with van der Waals surface area (Å²) in [5.74, 6) is 1.73. The normalized spacial score (nSPS) is 21.9. The predicted molar refractivity (Wildman–Crippen MR) is 144 cm³/mol. The molecular formula is C32H38N2O2. The van der Waals surface area contributed by atoms with Crippen LogP contribution in [0.4, 0.5) is 0 Å². The number of nitrogens with one attached hydrogen (secondary N) is 1. The number of likely N-dealkylation sites (tertiary alicyclic amines) is 1. The number of carbonyl (C=O) groups excluding carboxylic acids is 1. The summed E-state index contributed by atoms with van der Waals surface area (Å²) in [6, 6.07) is 30.7. The average Bonchev–Trinajstić information content (AvgIpc) is 3.17. The number of ether oxygens (including phenoxy) is 1. The molecule has 4 nitrogen and oxygen atoms in total. The maximum atomic E-state index is 14.1. The van der Waals surface area contributed by atoms with E-state index in [1.165, 1.54) is 18.4 Å². The minimum atomic E-state index is -1.15. The van der Waals surface area contributed by atoms with Gasteiger partial charge in [0.25, 0.3) is 5.91 Å².